The molecule has 4 nitrogen and oxygen atoms in total. The van der Waals surface area contributed by atoms with E-state index in [4.69, 9.17) is 5.11 Å². The van der Waals surface area contributed by atoms with Crippen LogP contribution < -0.4 is 5.32 Å². The maximum Gasteiger partial charge on any atom is 0.336 e. The van der Waals surface area contributed by atoms with Gasteiger partial charge in [0.05, 0.1) is 5.56 Å². The Labute approximate surface area is 132 Å². The molecule has 3 unspecified atom stereocenters. The molecule has 2 saturated carbocycles. The van der Waals surface area contributed by atoms with Gasteiger partial charge in [-0.15, -0.1) is 0 Å². The van der Waals surface area contributed by atoms with Gasteiger partial charge in [-0.25, -0.2) is 4.79 Å². The second kappa shape index (κ2) is 5.79. The van der Waals surface area contributed by atoms with E-state index in [9.17, 15) is 9.59 Å². The number of amides is 1. The van der Waals surface area contributed by atoms with Crippen LogP contribution in [0.5, 0.6) is 0 Å². The number of anilines is 1. The van der Waals surface area contributed by atoms with Gasteiger partial charge in [0.15, 0.2) is 0 Å². The Morgan fingerprint density at radius 2 is 2.10 bits per heavy atom. The molecule has 1 amide bonds. The molecule has 2 bridgehead atoms. The highest BCUT2D eigenvalue weighted by molar-refractivity contribution is 9.10. The van der Waals surface area contributed by atoms with Crippen molar-refractivity contribution in [1.29, 1.82) is 0 Å². The fourth-order valence-electron chi connectivity index (χ4n) is 3.84. The normalized spacial score (nSPS) is 26.8. The minimum Gasteiger partial charge on any atom is -0.478 e. The lowest BCUT2D eigenvalue weighted by atomic mass is 9.86. The Hall–Kier alpha value is -1.36. The first-order valence-electron chi connectivity index (χ1n) is 7.35. The van der Waals surface area contributed by atoms with Crippen molar-refractivity contribution in [2.75, 3.05) is 5.32 Å². The largest absolute Gasteiger partial charge is 0.478 e. The van der Waals surface area contributed by atoms with Gasteiger partial charge in [0, 0.05) is 16.6 Å². The van der Waals surface area contributed by atoms with Gasteiger partial charge in [0.25, 0.3) is 0 Å². The number of carboxylic acid groups (broad SMARTS) is 1. The van der Waals surface area contributed by atoms with Gasteiger partial charge in [-0.05, 0) is 71.1 Å². The Bertz CT molecular complexity index is 587. The van der Waals surface area contributed by atoms with Crippen molar-refractivity contribution in [3.63, 3.8) is 0 Å². The third-order valence-corrected chi connectivity index (χ3v) is 5.50. The summed E-state index contributed by atoms with van der Waals surface area (Å²) >= 11 is 3.20. The topological polar surface area (TPSA) is 66.4 Å². The Kier molecular flexibility index (Phi) is 4.02. The van der Waals surface area contributed by atoms with Crippen molar-refractivity contribution in [3.8, 4) is 0 Å². The Balaban J connectivity index is 1.62. The molecule has 2 aliphatic carbocycles. The number of carboxylic acids is 1. The molecule has 5 heteroatoms. The van der Waals surface area contributed by atoms with Gasteiger partial charge >= 0.3 is 5.97 Å². The zero-order chi connectivity index (χ0) is 15.0. The monoisotopic (exact) mass is 351 g/mol. The summed E-state index contributed by atoms with van der Waals surface area (Å²) in [5.41, 5.74) is 0.705. The van der Waals surface area contributed by atoms with Gasteiger partial charge in [-0.3, -0.25) is 4.79 Å². The molecule has 2 aliphatic rings. The molecule has 0 aliphatic heterocycles. The highest BCUT2D eigenvalue weighted by atomic mass is 79.9. The smallest absolute Gasteiger partial charge is 0.336 e. The zero-order valence-electron chi connectivity index (χ0n) is 11.6. The quantitative estimate of drug-likeness (QED) is 0.863. The summed E-state index contributed by atoms with van der Waals surface area (Å²) in [4.78, 5) is 23.2. The van der Waals surface area contributed by atoms with E-state index in [0.29, 0.717) is 22.5 Å². The lowest BCUT2D eigenvalue weighted by Gasteiger charge is -2.21. The molecule has 3 atom stereocenters. The van der Waals surface area contributed by atoms with Gasteiger partial charge < -0.3 is 10.4 Å². The first-order chi connectivity index (χ1) is 10.0. The highest BCUT2D eigenvalue weighted by Crippen LogP contribution is 2.49. The summed E-state index contributed by atoms with van der Waals surface area (Å²) < 4.78 is 0.515. The first kappa shape index (κ1) is 14.6. The van der Waals surface area contributed by atoms with Crippen LogP contribution in [0.25, 0.3) is 0 Å². The summed E-state index contributed by atoms with van der Waals surface area (Å²) in [6, 6.07) is 4.86. The molecule has 0 aromatic heterocycles. The minimum atomic E-state index is -1.01. The van der Waals surface area contributed by atoms with E-state index in [1.165, 1.54) is 31.7 Å². The molecule has 21 heavy (non-hydrogen) atoms. The van der Waals surface area contributed by atoms with Crippen LogP contribution in [0.2, 0.25) is 0 Å². The third-order valence-electron chi connectivity index (χ3n) is 4.81. The highest BCUT2D eigenvalue weighted by Gasteiger charge is 2.40. The maximum absolute atomic E-state index is 12.1. The second-order valence-corrected chi connectivity index (χ2v) is 7.04. The summed E-state index contributed by atoms with van der Waals surface area (Å²) in [6.45, 7) is 0. The van der Waals surface area contributed by atoms with Crippen LogP contribution in [0.4, 0.5) is 5.69 Å². The Morgan fingerprint density at radius 3 is 2.71 bits per heavy atom. The van der Waals surface area contributed by atoms with Crippen molar-refractivity contribution >= 4 is 33.5 Å². The molecule has 112 valence electrons. The Morgan fingerprint density at radius 1 is 1.29 bits per heavy atom. The number of fused-ring (bicyclic) bond motifs is 2. The number of benzene rings is 1. The lowest BCUT2D eigenvalue weighted by Crippen LogP contribution is -2.20. The molecule has 2 N–H and O–H groups in total. The van der Waals surface area contributed by atoms with Crippen molar-refractivity contribution in [1.82, 2.24) is 0 Å². The summed E-state index contributed by atoms with van der Waals surface area (Å²) in [6.07, 6.45) is 5.62. The van der Waals surface area contributed by atoms with Crippen molar-refractivity contribution < 1.29 is 14.7 Å². The van der Waals surface area contributed by atoms with Crippen LogP contribution in [-0.2, 0) is 4.79 Å². The van der Waals surface area contributed by atoms with Gasteiger partial charge in [0.1, 0.15) is 0 Å². The van der Waals surface area contributed by atoms with Gasteiger partial charge in [-0.1, -0.05) is 6.42 Å². The van der Waals surface area contributed by atoms with Crippen LogP contribution in [0.3, 0.4) is 0 Å². The standard InChI is InChI=1S/C16H18BrNO3/c17-14-4-3-12(8-13(14)16(20)21)18-15(19)7-11-6-9-1-2-10(11)5-9/h3-4,8-11H,1-2,5-7H2,(H,18,19)(H,20,21). The van der Waals surface area contributed by atoms with Crippen LogP contribution in [0, 0.1) is 17.8 Å². The molecular weight excluding hydrogens is 334 g/mol. The predicted octanol–water partition coefficient (Wildman–Crippen LogP) is 3.91. The van der Waals surface area contributed by atoms with Crippen molar-refractivity contribution in [3.05, 3.63) is 28.2 Å². The van der Waals surface area contributed by atoms with E-state index in [2.05, 4.69) is 21.2 Å². The van der Waals surface area contributed by atoms with E-state index >= 15 is 0 Å². The number of hydrogen-bond acceptors (Lipinski definition) is 2. The van der Waals surface area contributed by atoms with Gasteiger partial charge in [-0.2, -0.15) is 0 Å². The number of nitrogens with one attached hydrogen (secondary N) is 1. The SMILES string of the molecule is O=C(CC1CC2CCC1C2)Nc1ccc(Br)c(C(=O)O)c1. The van der Waals surface area contributed by atoms with E-state index < -0.39 is 5.97 Å². The fraction of sp³-hybridized carbons (Fsp3) is 0.500. The van der Waals surface area contributed by atoms with E-state index in [1.54, 1.807) is 12.1 Å². The average Bonchev–Trinajstić information content (AvgIpc) is 3.03. The zero-order valence-corrected chi connectivity index (χ0v) is 13.2. The molecule has 0 spiro atoms. The molecule has 1 aromatic carbocycles. The molecule has 0 radical (unpaired) electrons. The molecule has 0 heterocycles. The lowest BCUT2D eigenvalue weighted by molar-refractivity contribution is -0.117. The number of carbonyl (C=O) groups is 2. The van der Waals surface area contributed by atoms with E-state index in [0.717, 1.165) is 11.8 Å². The molecule has 1 aromatic rings. The summed E-state index contributed by atoms with van der Waals surface area (Å²) in [5.74, 6) is 1.05. The molecule has 2 fully saturated rings. The summed E-state index contributed by atoms with van der Waals surface area (Å²) in [5, 5.41) is 11.9. The van der Waals surface area contributed by atoms with Crippen molar-refractivity contribution in [2.45, 2.75) is 32.1 Å². The van der Waals surface area contributed by atoms with Crippen molar-refractivity contribution in [2.24, 2.45) is 17.8 Å². The molecular formula is C16H18BrNO3. The first-order valence-corrected chi connectivity index (χ1v) is 8.15. The number of rotatable bonds is 4. The number of aromatic carboxylic acids is 1. The fourth-order valence-corrected chi connectivity index (χ4v) is 4.26. The van der Waals surface area contributed by atoms with Crippen LogP contribution in [0.15, 0.2) is 22.7 Å². The van der Waals surface area contributed by atoms with Crippen LogP contribution in [-0.4, -0.2) is 17.0 Å². The number of carbonyl (C=O) groups excluding carboxylic acids is 1. The maximum atomic E-state index is 12.1. The third kappa shape index (κ3) is 3.12. The molecule has 3 rings (SSSR count). The average molecular weight is 352 g/mol. The van der Waals surface area contributed by atoms with Crippen LogP contribution >= 0.6 is 15.9 Å². The number of halogens is 1. The van der Waals surface area contributed by atoms with E-state index in [-0.39, 0.29) is 11.5 Å². The minimum absolute atomic E-state index is 0.00814. The van der Waals surface area contributed by atoms with Gasteiger partial charge in [0.2, 0.25) is 5.91 Å². The van der Waals surface area contributed by atoms with E-state index in [1.807, 2.05) is 0 Å². The van der Waals surface area contributed by atoms with Crippen LogP contribution in [0.1, 0.15) is 42.5 Å². The number of hydrogen-bond donors (Lipinski definition) is 2. The summed E-state index contributed by atoms with van der Waals surface area (Å²) in [7, 11) is 0. The predicted molar refractivity (Wildman–Crippen MR) is 83.3 cm³/mol. The molecule has 0 saturated heterocycles. The second-order valence-electron chi connectivity index (χ2n) is 6.19.